The summed E-state index contributed by atoms with van der Waals surface area (Å²) >= 11 is 5.93. The summed E-state index contributed by atoms with van der Waals surface area (Å²) in [4.78, 5) is 3.88. The highest BCUT2D eigenvalue weighted by Gasteiger charge is 2.19. The lowest BCUT2D eigenvalue weighted by atomic mass is 9.87. The third-order valence-corrected chi connectivity index (χ3v) is 2.28. The molecule has 0 spiro atoms. The predicted octanol–water partition coefficient (Wildman–Crippen LogP) is 3.20. The molecule has 0 saturated carbocycles. The first-order valence-electron chi connectivity index (χ1n) is 4.67. The first-order valence-corrected chi connectivity index (χ1v) is 5.05. The van der Waals surface area contributed by atoms with E-state index in [0.717, 1.165) is 5.56 Å². The number of rotatable bonds is 2. The standard InChI is InChI=1S/C11H16ClNO/c1-11(2,3)6-10(14)8-4-5-13-7-9(8)12/h4-5,7,10,14H,6H2,1-3H3/t10-/m1/s1. The summed E-state index contributed by atoms with van der Waals surface area (Å²) in [6, 6.07) is 1.76. The summed E-state index contributed by atoms with van der Waals surface area (Å²) < 4.78 is 0. The van der Waals surface area contributed by atoms with Crippen LogP contribution in [0, 0.1) is 5.41 Å². The number of halogens is 1. The van der Waals surface area contributed by atoms with Crippen molar-refractivity contribution in [1.82, 2.24) is 4.98 Å². The van der Waals surface area contributed by atoms with Crippen LogP contribution < -0.4 is 0 Å². The number of hydrogen-bond donors (Lipinski definition) is 1. The largest absolute Gasteiger partial charge is 0.388 e. The maximum atomic E-state index is 9.92. The summed E-state index contributed by atoms with van der Waals surface area (Å²) in [5.41, 5.74) is 0.850. The molecular weight excluding hydrogens is 198 g/mol. The summed E-state index contributed by atoms with van der Waals surface area (Å²) in [6.07, 6.45) is 3.39. The molecule has 0 saturated heterocycles. The Morgan fingerprint density at radius 3 is 2.64 bits per heavy atom. The van der Waals surface area contributed by atoms with Gasteiger partial charge in [-0.3, -0.25) is 4.98 Å². The molecule has 0 aliphatic heterocycles. The average Bonchev–Trinajstić information content (AvgIpc) is 2.01. The quantitative estimate of drug-likeness (QED) is 0.819. The van der Waals surface area contributed by atoms with E-state index in [1.165, 1.54) is 0 Å². The number of aromatic nitrogens is 1. The van der Waals surface area contributed by atoms with E-state index in [0.29, 0.717) is 11.4 Å². The van der Waals surface area contributed by atoms with Gasteiger partial charge in [0.2, 0.25) is 0 Å². The molecule has 0 fully saturated rings. The van der Waals surface area contributed by atoms with Gasteiger partial charge in [0.25, 0.3) is 0 Å². The van der Waals surface area contributed by atoms with Crippen molar-refractivity contribution in [2.45, 2.75) is 33.3 Å². The Hall–Kier alpha value is -0.600. The van der Waals surface area contributed by atoms with Crippen LogP contribution in [0.3, 0.4) is 0 Å². The van der Waals surface area contributed by atoms with Crippen LogP contribution in [-0.4, -0.2) is 10.1 Å². The van der Waals surface area contributed by atoms with E-state index in [9.17, 15) is 5.11 Å². The van der Waals surface area contributed by atoms with E-state index in [1.54, 1.807) is 18.5 Å². The minimum absolute atomic E-state index is 0.0893. The highest BCUT2D eigenvalue weighted by atomic mass is 35.5. The van der Waals surface area contributed by atoms with Crippen LogP contribution in [0.1, 0.15) is 38.9 Å². The summed E-state index contributed by atoms with van der Waals surface area (Å²) in [6.45, 7) is 6.27. The van der Waals surface area contributed by atoms with Crippen molar-refractivity contribution >= 4 is 11.6 Å². The SMILES string of the molecule is CC(C)(C)C[C@@H](O)c1ccncc1Cl. The summed E-state index contributed by atoms with van der Waals surface area (Å²) in [5, 5.41) is 10.5. The highest BCUT2D eigenvalue weighted by molar-refractivity contribution is 6.31. The normalized spacial score (nSPS) is 14.1. The van der Waals surface area contributed by atoms with E-state index in [-0.39, 0.29) is 5.41 Å². The molecule has 0 aliphatic carbocycles. The van der Waals surface area contributed by atoms with Crippen molar-refractivity contribution in [3.05, 3.63) is 29.0 Å². The Balaban J connectivity index is 2.80. The van der Waals surface area contributed by atoms with Gasteiger partial charge in [-0.2, -0.15) is 0 Å². The number of aliphatic hydroxyl groups is 1. The van der Waals surface area contributed by atoms with Crippen molar-refractivity contribution in [3.63, 3.8) is 0 Å². The number of nitrogens with zero attached hydrogens (tertiary/aromatic N) is 1. The van der Waals surface area contributed by atoms with Gasteiger partial charge >= 0.3 is 0 Å². The van der Waals surface area contributed by atoms with Gasteiger partial charge in [0.15, 0.2) is 0 Å². The zero-order chi connectivity index (χ0) is 10.8. The molecule has 2 nitrogen and oxygen atoms in total. The molecule has 0 radical (unpaired) electrons. The average molecular weight is 214 g/mol. The molecule has 0 amide bonds. The Morgan fingerprint density at radius 1 is 1.50 bits per heavy atom. The molecule has 78 valence electrons. The molecule has 0 aromatic carbocycles. The third-order valence-electron chi connectivity index (χ3n) is 1.97. The van der Waals surface area contributed by atoms with Gasteiger partial charge in [-0.15, -0.1) is 0 Å². The highest BCUT2D eigenvalue weighted by Crippen LogP contribution is 2.31. The number of pyridine rings is 1. The lowest BCUT2D eigenvalue weighted by Crippen LogP contribution is -2.11. The summed E-state index contributed by atoms with van der Waals surface area (Å²) in [7, 11) is 0. The lowest BCUT2D eigenvalue weighted by molar-refractivity contribution is 0.122. The molecule has 3 heteroatoms. The lowest BCUT2D eigenvalue weighted by Gasteiger charge is -2.22. The Bertz CT molecular complexity index is 306. The predicted molar refractivity (Wildman–Crippen MR) is 58.3 cm³/mol. The fourth-order valence-corrected chi connectivity index (χ4v) is 1.59. The maximum Gasteiger partial charge on any atom is 0.0810 e. The Morgan fingerprint density at radius 2 is 2.14 bits per heavy atom. The smallest absolute Gasteiger partial charge is 0.0810 e. The van der Waals surface area contributed by atoms with Crippen LogP contribution >= 0.6 is 11.6 Å². The van der Waals surface area contributed by atoms with Crippen LogP contribution in [-0.2, 0) is 0 Å². The maximum absolute atomic E-state index is 9.92. The minimum Gasteiger partial charge on any atom is -0.388 e. The van der Waals surface area contributed by atoms with E-state index >= 15 is 0 Å². The van der Waals surface area contributed by atoms with Crippen LogP contribution in [0.5, 0.6) is 0 Å². The van der Waals surface area contributed by atoms with Crippen LogP contribution in [0.15, 0.2) is 18.5 Å². The molecule has 1 rings (SSSR count). The van der Waals surface area contributed by atoms with Crippen LogP contribution in [0.25, 0.3) is 0 Å². The van der Waals surface area contributed by atoms with Crippen molar-refractivity contribution in [1.29, 1.82) is 0 Å². The van der Waals surface area contributed by atoms with Gasteiger partial charge in [0, 0.05) is 18.0 Å². The fraction of sp³-hybridized carbons (Fsp3) is 0.545. The van der Waals surface area contributed by atoms with Gasteiger partial charge in [0.1, 0.15) is 0 Å². The minimum atomic E-state index is -0.509. The van der Waals surface area contributed by atoms with Crippen LogP contribution in [0.2, 0.25) is 5.02 Å². The molecule has 0 unspecified atom stereocenters. The van der Waals surface area contributed by atoms with Gasteiger partial charge in [0.05, 0.1) is 11.1 Å². The second kappa shape index (κ2) is 4.28. The van der Waals surface area contributed by atoms with E-state index in [1.807, 2.05) is 0 Å². The van der Waals surface area contributed by atoms with Crippen molar-refractivity contribution < 1.29 is 5.11 Å². The number of aliphatic hydroxyl groups excluding tert-OH is 1. The topological polar surface area (TPSA) is 33.1 Å². The molecule has 1 atom stereocenters. The fourth-order valence-electron chi connectivity index (χ4n) is 1.35. The van der Waals surface area contributed by atoms with Crippen LogP contribution in [0.4, 0.5) is 0 Å². The van der Waals surface area contributed by atoms with Gasteiger partial charge < -0.3 is 5.11 Å². The van der Waals surface area contributed by atoms with Gasteiger partial charge in [-0.25, -0.2) is 0 Å². The van der Waals surface area contributed by atoms with Crippen molar-refractivity contribution in [3.8, 4) is 0 Å². The zero-order valence-electron chi connectivity index (χ0n) is 8.79. The molecule has 0 bridgehead atoms. The van der Waals surface area contributed by atoms with E-state index in [2.05, 4.69) is 25.8 Å². The molecule has 1 N–H and O–H groups in total. The first-order chi connectivity index (χ1) is 6.40. The van der Waals surface area contributed by atoms with E-state index in [4.69, 9.17) is 11.6 Å². The second-order valence-corrected chi connectivity index (χ2v) is 5.08. The zero-order valence-corrected chi connectivity index (χ0v) is 9.54. The van der Waals surface area contributed by atoms with Gasteiger partial charge in [-0.05, 0) is 17.9 Å². The van der Waals surface area contributed by atoms with Gasteiger partial charge in [-0.1, -0.05) is 32.4 Å². The monoisotopic (exact) mass is 213 g/mol. The second-order valence-electron chi connectivity index (χ2n) is 4.68. The molecular formula is C11H16ClNO. The molecule has 0 aliphatic rings. The molecule has 14 heavy (non-hydrogen) atoms. The van der Waals surface area contributed by atoms with Crippen molar-refractivity contribution in [2.24, 2.45) is 5.41 Å². The Labute approximate surface area is 89.9 Å². The molecule has 1 aromatic heterocycles. The van der Waals surface area contributed by atoms with Crippen molar-refractivity contribution in [2.75, 3.05) is 0 Å². The Kier molecular flexibility index (Phi) is 3.51. The summed E-state index contributed by atoms with van der Waals surface area (Å²) in [5.74, 6) is 0. The molecule has 1 aromatic rings. The third kappa shape index (κ3) is 3.28. The van der Waals surface area contributed by atoms with E-state index < -0.39 is 6.10 Å². The molecule has 1 heterocycles. The number of hydrogen-bond acceptors (Lipinski definition) is 2. The first kappa shape index (κ1) is 11.5.